The van der Waals surface area contributed by atoms with Gasteiger partial charge in [-0.1, -0.05) is 103 Å². The first-order chi connectivity index (χ1) is 24.8. The lowest BCUT2D eigenvalue weighted by atomic mass is 10.0. The van der Waals surface area contributed by atoms with E-state index in [0.29, 0.717) is 0 Å². The molecule has 3 rings (SSSR count). The smallest absolute Gasteiger partial charge is 0.430 e. The van der Waals surface area contributed by atoms with Crippen LogP contribution in [0.4, 0.5) is 26.3 Å². The maximum absolute atomic E-state index is 10.5. The highest BCUT2D eigenvalue weighted by Crippen LogP contribution is 2.15. The third-order valence-corrected chi connectivity index (χ3v) is 9.07. The molecular formula is C40H60F6N2O4. The fourth-order valence-electron chi connectivity index (χ4n) is 6.16. The van der Waals surface area contributed by atoms with Crippen LogP contribution in [0, 0.1) is 0 Å². The fraction of sp³-hybridized carbons (Fsp3) is 0.700. The topological polar surface area (TPSA) is 88.0 Å². The van der Waals surface area contributed by atoms with E-state index in [1.165, 1.54) is 178 Å². The minimum atomic E-state index is -5.19. The highest BCUT2D eigenvalue weighted by Gasteiger charge is 2.29. The number of alkyl halides is 6. The number of hydrogen-bond donors (Lipinski definition) is 0. The van der Waals surface area contributed by atoms with Crippen LogP contribution in [-0.4, -0.2) is 24.3 Å². The van der Waals surface area contributed by atoms with Gasteiger partial charge in [0.05, 0.1) is 0 Å². The molecular weight excluding hydrogens is 686 g/mol. The van der Waals surface area contributed by atoms with Crippen LogP contribution in [-0.2, 0) is 35.5 Å². The van der Waals surface area contributed by atoms with Crippen molar-refractivity contribution in [3.63, 3.8) is 0 Å². The second kappa shape index (κ2) is 28.3. The number of halogens is 6. The number of carboxylic acid groups (broad SMARTS) is 2. The molecule has 0 aromatic carbocycles. The average Bonchev–Trinajstić information content (AvgIpc) is 3.08. The number of fused-ring (bicyclic) bond motifs is 4. The summed E-state index contributed by atoms with van der Waals surface area (Å²) in [4.78, 5) is 17.6. The fourth-order valence-corrected chi connectivity index (χ4v) is 6.16. The van der Waals surface area contributed by atoms with Crippen molar-refractivity contribution in [2.45, 2.75) is 180 Å². The molecule has 4 bridgehead atoms. The Balaban J connectivity index is 0.000000812. The summed E-state index contributed by atoms with van der Waals surface area (Å²) >= 11 is 0. The summed E-state index contributed by atoms with van der Waals surface area (Å²) in [6.45, 7) is 2.38. The van der Waals surface area contributed by atoms with Crippen LogP contribution in [0.3, 0.4) is 0 Å². The van der Waals surface area contributed by atoms with Gasteiger partial charge in [-0.3, -0.25) is 0 Å². The molecule has 6 nitrogen and oxygen atoms in total. The van der Waals surface area contributed by atoms with Gasteiger partial charge in [-0.25, -0.2) is 9.13 Å². The van der Waals surface area contributed by atoms with Gasteiger partial charge in [0.1, 0.15) is 25.0 Å². The summed E-state index contributed by atoms with van der Waals surface area (Å²) in [5.74, 6) is -6.01. The zero-order valence-corrected chi connectivity index (χ0v) is 30.8. The van der Waals surface area contributed by atoms with E-state index in [0.717, 1.165) is 0 Å². The molecule has 2 aromatic heterocycles. The minimum absolute atomic E-state index is 1.19. The van der Waals surface area contributed by atoms with Gasteiger partial charge < -0.3 is 19.8 Å². The lowest BCUT2D eigenvalue weighted by molar-refractivity contribution is -0.697. The molecule has 52 heavy (non-hydrogen) atoms. The molecule has 3 heterocycles. The molecule has 0 atom stereocenters. The van der Waals surface area contributed by atoms with Gasteiger partial charge in [0, 0.05) is 36.1 Å². The summed E-state index contributed by atoms with van der Waals surface area (Å²) in [7, 11) is 0. The molecule has 1 aliphatic heterocycles. The molecule has 0 spiro atoms. The van der Waals surface area contributed by atoms with Gasteiger partial charge in [0.25, 0.3) is 0 Å². The van der Waals surface area contributed by atoms with Crippen LogP contribution >= 0.6 is 0 Å². The van der Waals surface area contributed by atoms with E-state index in [9.17, 15) is 26.3 Å². The van der Waals surface area contributed by atoms with Crippen molar-refractivity contribution in [3.05, 3.63) is 60.2 Å². The van der Waals surface area contributed by atoms with E-state index >= 15 is 0 Å². The lowest BCUT2D eigenvalue weighted by Crippen LogP contribution is -2.37. The van der Waals surface area contributed by atoms with E-state index < -0.39 is 24.3 Å². The molecule has 0 saturated heterocycles. The average molecular weight is 747 g/mol. The number of carbonyl (C=O) groups excluding carboxylic acids is 2. The Morgan fingerprint density at radius 1 is 0.442 bits per heavy atom. The van der Waals surface area contributed by atoms with Crippen LogP contribution in [0.25, 0.3) is 0 Å². The van der Waals surface area contributed by atoms with E-state index in [1.807, 2.05) is 0 Å². The standard InChI is InChI=1S/C36H60N2.2C2HF3O2/c1-2-5-9-13-17-21-29-37-31-24-28-36(34-37)26-20-16-12-8-4-6-10-14-18-22-30-38-32-23-27-35(33-38)25-19-15-11-7-3-1;2*3-2(4,5)1(6)7/h23-24,27-28,31-34H,1-22,25-26,29-30H2;2*(H,6,7)/q+2;;/p-2. The normalized spacial score (nSPS) is 17.7. The van der Waals surface area contributed by atoms with Crippen molar-refractivity contribution < 1.29 is 55.3 Å². The van der Waals surface area contributed by atoms with Crippen LogP contribution in [0.15, 0.2) is 49.1 Å². The first-order valence-electron chi connectivity index (χ1n) is 19.3. The van der Waals surface area contributed by atoms with Crippen molar-refractivity contribution in [1.29, 1.82) is 0 Å². The largest absolute Gasteiger partial charge is 0.542 e. The van der Waals surface area contributed by atoms with Crippen molar-refractivity contribution in [1.82, 2.24) is 0 Å². The molecule has 0 N–H and O–H groups in total. The third kappa shape index (κ3) is 26.6. The molecule has 12 heteroatoms. The number of rotatable bonds is 0. The van der Waals surface area contributed by atoms with Crippen molar-refractivity contribution in [3.8, 4) is 0 Å². The number of aliphatic carboxylic acids is 2. The highest BCUT2D eigenvalue weighted by atomic mass is 19.4. The monoisotopic (exact) mass is 746 g/mol. The zero-order chi connectivity index (χ0) is 38.5. The molecule has 0 saturated carbocycles. The molecule has 0 fully saturated rings. The first kappa shape index (κ1) is 46.8. The SMILES string of the molecule is O=C([O-])C(F)(F)F.O=C([O-])C(F)(F)F.c1cc2c[n+](c1)CCCCCCCCCCCCCCc1ccc[n+](c1)CCCCCCCCCCCC2. The molecule has 296 valence electrons. The predicted octanol–water partition coefficient (Wildman–Crippen LogP) is 8.24. The summed E-state index contributed by atoms with van der Waals surface area (Å²) in [6, 6.07) is 9.19. The number of aromatic nitrogens is 2. The molecule has 0 aliphatic carbocycles. The van der Waals surface area contributed by atoms with Crippen molar-refractivity contribution >= 4 is 11.9 Å². The van der Waals surface area contributed by atoms with Gasteiger partial charge in [-0.05, 0) is 50.7 Å². The van der Waals surface area contributed by atoms with Crippen molar-refractivity contribution in [2.24, 2.45) is 0 Å². The maximum atomic E-state index is 10.5. The van der Waals surface area contributed by atoms with Gasteiger partial charge in [0.2, 0.25) is 0 Å². The van der Waals surface area contributed by atoms with Crippen LogP contribution < -0.4 is 19.3 Å². The Labute approximate surface area is 306 Å². The van der Waals surface area contributed by atoms with Crippen LogP contribution in [0.5, 0.6) is 0 Å². The number of nitrogens with zero attached hydrogens (tertiary/aromatic N) is 2. The quantitative estimate of drug-likeness (QED) is 0.201. The number of pyridine rings is 2. The highest BCUT2D eigenvalue weighted by molar-refractivity contribution is 5.71. The van der Waals surface area contributed by atoms with E-state index in [-0.39, 0.29) is 0 Å². The lowest BCUT2D eigenvalue weighted by Gasteiger charge is -2.05. The van der Waals surface area contributed by atoms with E-state index in [1.54, 1.807) is 0 Å². The third-order valence-electron chi connectivity index (χ3n) is 9.07. The summed E-state index contributed by atoms with van der Waals surface area (Å²) < 4.78 is 68.0. The molecule has 0 amide bonds. The Morgan fingerprint density at radius 3 is 0.923 bits per heavy atom. The second-order valence-corrected chi connectivity index (χ2v) is 13.7. The summed E-state index contributed by atoms with van der Waals surface area (Å²) in [5, 5.41) is 17.6. The van der Waals surface area contributed by atoms with E-state index in [4.69, 9.17) is 19.8 Å². The number of carboxylic acids is 2. The van der Waals surface area contributed by atoms with Gasteiger partial charge in [0.15, 0.2) is 24.8 Å². The van der Waals surface area contributed by atoms with Gasteiger partial charge in [-0.15, -0.1) is 0 Å². The van der Waals surface area contributed by atoms with E-state index in [2.05, 4.69) is 58.2 Å². The maximum Gasteiger partial charge on any atom is 0.430 e. The Hall–Kier alpha value is -3.18. The summed E-state index contributed by atoms with van der Waals surface area (Å²) in [5.41, 5.74) is 3.06. The van der Waals surface area contributed by atoms with Crippen LogP contribution in [0.2, 0.25) is 0 Å². The number of carbonyl (C=O) groups is 2. The Kier molecular flexibility index (Phi) is 25.5. The Bertz CT molecular complexity index is 1130. The number of hydrogen-bond acceptors (Lipinski definition) is 4. The zero-order valence-electron chi connectivity index (χ0n) is 30.8. The molecule has 0 unspecified atom stereocenters. The Morgan fingerprint density at radius 2 is 0.673 bits per heavy atom. The molecule has 1 aliphatic rings. The molecule has 0 radical (unpaired) electrons. The van der Waals surface area contributed by atoms with Gasteiger partial charge in [-0.2, -0.15) is 26.3 Å². The first-order valence-corrected chi connectivity index (χ1v) is 19.3. The molecule has 2 aromatic rings. The predicted molar refractivity (Wildman–Crippen MR) is 184 cm³/mol. The van der Waals surface area contributed by atoms with Crippen molar-refractivity contribution in [2.75, 3.05) is 0 Å². The summed E-state index contributed by atoms with van der Waals surface area (Å²) in [6.07, 6.45) is 32.4. The minimum Gasteiger partial charge on any atom is -0.542 e. The number of aryl methyl sites for hydroxylation is 4. The van der Waals surface area contributed by atoms with Crippen LogP contribution in [0.1, 0.15) is 152 Å². The second-order valence-electron chi connectivity index (χ2n) is 13.7. The van der Waals surface area contributed by atoms with Gasteiger partial charge >= 0.3 is 12.4 Å².